The molecule has 0 atom stereocenters. The monoisotopic (exact) mass is 464 g/mol. The van der Waals surface area contributed by atoms with Gasteiger partial charge < -0.3 is 9.80 Å². The van der Waals surface area contributed by atoms with E-state index in [1.807, 2.05) is 26.0 Å². The van der Waals surface area contributed by atoms with Crippen LogP contribution in [0.15, 0.2) is 23.1 Å². The van der Waals surface area contributed by atoms with Crippen molar-refractivity contribution in [2.75, 3.05) is 59.4 Å². The lowest BCUT2D eigenvalue weighted by Crippen LogP contribution is -2.52. The van der Waals surface area contributed by atoms with Gasteiger partial charge in [0.05, 0.1) is 18.0 Å². The first-order chi connectivity index (χ1) is 15.3. The van der Waals surface area contributed by atoms with E-state index in [0.717, 1.165) is 31.2 Å². The molecule has 1 aliphatic heterocycles. The topological polar surface area (TPSA) is 81.2 Å². The lowest BCUT2D eigenvalue weighted by Gasteiger charge is -2.35. The Bertz CT molecular complexity index is 922. The number of carbonyl (C=O) groups is 2. The van der Waals surface area contributed by atoms with Gasteiger partial charge in [-0.25, -0.2) is 8.42 Å². The number of benzene rings is 1. The standard InChI is InChI=1S/C23H36N4O4S/c1-4-25(5-2)22(28)17-24(3)18-23(29)26-12-14-27(15-13-26)32(30,31)21-11-10-19-8-6-7-9-20(19)16-21/h10-11,16H,4-9,12-15,17-18H2,1-3H3. The fourth-order valence-electron chi connectivity index (χ4n) is 4.49. The minimum atomic E-state index is -3.56. The third-order valence-corrected chi connectivity index (χ3v) is 8.37. The highest BCUT2D eigenvalue weighted by atomic mass is 32.2. The molecule has 2 amide bonds. The smallest absolute Gasteiger partial charge is 0.243 e. The quantitative estimate of drug-likeness (QED) is 0.578. The molecule has 0 bridgehead atoms. The summed E-state index contributed by atoms with van der Waals surface area (Å²) in [4.78, 5) is 30.4. The third kappa shape index (κ3) is 5.68. The van der Waals surface area contributed by atoms with E-state index in [4.69, 9.17) is 0 Å². The molecular weight excluding hydrogens is 428 g/mol. The highest BCUT2D eigenvalue weighted by Crippen LogP contribution is 2.26. The maximum atomic E-state index is 13.1. The van der Waals surface area contributed by atoms with Gasteiger partial charge in [0.1, 0.15) is 0 Å². The Morgan fingerprint density at radius 1 is 0.938 bits per heavy atom. The first-order valence-corrected chi connectivity index (χ1v) is 13.1. The van der Waals surface area contributed by atoms with Gasteiger partial charge in [0, 0.05) is 39.3 Å². The fourth-order valence-corrected chi connectivity index (χ4v) is 5.96. The number of fused-ring (bicyclic) bond motifs is 1. The number of nitrogens with zero attached hydrogens (tertiary/aromatic N) is 4. The van der Waals surface area contributed by atoms with Gasteiger partial charge in [-0.2, -0.15) is 4.31 Å². The van der Waals surface area contributed by atoms with Gasteiger partial charge in [-0.1, -0.05) is 6.07 Å². The summed E-state index contributed by atoms with van der Waals surface area (Å²) >= 11 is 0. The lowest BCUT2D eigenvalue weighted by atomic mass is 9.92. The van der Waals surface area contributed by atoms with E-state index in [9.17, 15) is 18.0 Å². The molecule has 1 aromatic rings. The highest BCUT2D eigenvalue weighted by molar-refractivity contribution is 7.89. The summed E-state index contributed by atoms with van der Waals surface area (Å²) in [5.41, 5.74) is 2.41. The molecule has 0 N–H and O–H groups in total. The molecule has 1 saturated heterocycles. The van der Waals surface area contributed by atoms with Crippen LogP contribution >= 0.6 is 0 Å². The van der Waals surface area contributed by atoms with Gasteiger partial charge in [-0.15, -0.1) is 0 Å². The van der Waals surface area contributed by atoms with Crippen molar-refractivity contribution in [3.05, 3.63) is 29.3 Å². The largest absolute Gasteiger partial charge is 0.342 e. The summed E-state index contributed by atoms with van der Waals surface area (Å²) in [7, 11) is -1.80. The Balaban J connectivity index is 1.54. The minimum absolute atomic E-state index is 0.00580. The summed E-state index contributed by atoms with van der Waals surface area (Å²) < 4.78 is 27.8. The van der Waals surface area contributed by atoms with Crippen molar-refractivity contribution >= 4 is 21.8 Å². The average molecular weight is 465 g/mol. The van der Waals surface area contributed by atoms with Gasteiger partial charge in [0.2, 0.25) is 21.8 Å². The predicted molar refractivity (Wildman–Crippen MR) is 124 cm³/mol. The van der Waals surface area contributed by atoms with Crippen molar-refractivity contribution < 1.29 is 18.0 Å². The second-order valence-corrected chi connectivity index (χ2v) is 10.6. The molecule has 0 unspecified atom stereocenters. The van der Waals surface area contributed by atoms with Gasteiger partial charge in [0.25, 0.3) is 0 Å². The Morgan fingerprint density at radius 3 is 2.19 bits per heavy atom. The summed E-state index contributed by atoms with van der Waals surface area (Å²) in [5.74, 6) is -0.0723. The number of carbonyl (C=O) groups excluding carboxylic acids is 2. The molecule has 8 nitrogen and oxygen atoms in total. The SMILES string of the molecule is CCN(CC)C(=O)CN(C)CC(=O)N1CCN(S(=O)(=O)c2ccc3c(c2)CCCC3)CC1. The van der Waals surface area contributed by atoms with E-state index >= 15 is 0 Å². The van der Waals surface area contributed by atoms with Crippen molar-refractivity contribution in [2.45, 2.75) is 44.4 Å². The van der Waals surface area contributed by atoms with Crippen LogP contribution in [0.3, 0.4) is 0 Å². The van der Waals surface area contributed by atoms with E-state index in [2.05, 4.69) is 0 Å². The first kappa shape index (κ1) is 24.7. The van der Waals surface area contributed by atoms with Gasteiger partial charge in [-0.05, 0) is 69.8 Å². The van der Waals surface area contributed by atoms with Crippen LogP contribution in [0.25, 0.3) is 0 Å². The molecule has 32 heavy (non-hydrogen) atoms. The van der Waals surface area contributed by atoms with Crippen LogP contribution in [0, 0.1) is 0 Å². The van der Waals surface area contributed by atoms with Crippen LogP contribution in [0.4, 0.5) is 0 Å². The molecule has 0 aromatic heterocycles. The first-order valence-electron chi connectivity index (χ1n) is 11.6. The summed E-state index contributed by atoms with van der Waals surface area (Å²) in [5, 5.41) is 0. The Morgan fingerprint density at radius 2 is 1.56 bits per heavy atom. The van der Waals surface area contributed by atoms with E-state index in [1.54, 1.807) is 27.8 Å². The third-order valence-electron chi connectivity index (χ3n) is 6.48. The number of sulfonamides is 1. The number of likely N-dealkylation sites (N-methyl/N-ethyl adjacent to an activating group) is 2. The average Bonchev–Trinajstić information content (AvgIpc) is 2.79. The number of amides is 2. The molecule has 0 saturated carbocycles. The van der Waals surface area contributed by atoms with E-state index in [1.165, 1.54) is 9.87 Å². The number of rotatable bonds is 8. The predicted octanol–water partition coefficient (Wildman–Crippen LogP) is 1.20. The minimum Gasteiger partial charge on any atom is -0.342 e. The molecule has 0 radical (unpaired) electrons. The second-order valence-electron chi connectivity index (χ2n) is 8.66. The van der Waals surface area contributed by atoms with Crippen molar-refractivity contribution in [1.29, 1.82) is 0 Å². The van der Waals surface area contributed by atoms with Crippen molar-refractivity contribution in [3.63, 3.8) is 0 Å². The summed E-state index contributed by atoms with van der Waals surface area (Å²) in [6.45, 7) is 6.80. The van der Waals surface area contributed by atoms with Gasteiger partial charge in [-0.3, -0.25) is 14.5 Å². The summed E-state index contributed by atoms with van der Waals surface area (Å²) in [6.07, 6.45) is 4.22. The van der Waals surface area contributed by atoms with Crippen LogP contribution in [0.5, 0.6) is 0 Å². The van der Waals surface area contributed by atoms with E-state index in [0.29, 0.717) is 31.1 Å². The Kier molecular flexibility index (Phi) is 8.30. The van der Waals surface area contributed by atoms with Crippen molar-refractivity contribution in [2.24, 2.45) is 0 Å². The fraction of sp³-hybridized carbons (Fsp3) is 0.652. The Labute approximate surface area is 192 Å². The molecule has 1 heterocycles. The van der Waals surface area contributed by atoms with Crippen LogP contribution in [0.2, 0.25) is 0 Å². The van der Waals surface area contributed by atoms with Gasteiger partial charge in [0.15, 0.2) is 0 Å². The number of piperazine rings is 1. The van der Waals surface area contributed by atoms with Crippen molar-refractivity contribution in [3.8, 4) is 0 Å². The molecule has 9 heteroatoms. The number of aryl methyl sites for hydroxylation is 2. The zero-order valence-corrected chi connectivity index (χ0v) is 20.4. The second kappa shape index (κ2) is 10.8. The molecular formula is C23H36N4O4S. The number of hydrogen-bond acceptors (Lipinski definition) is 5. The van der Waals surface area contributed by atoms with Crippen LogP contribution in [-0.4, -0.2) is 98.6 Å². The van der Waals surface area contributed by atoms with Crippen LogP contribution < -0.4 is 0 Å². The maximum Gasteiger partial charge on any atom is 0.243 e. The molecule has 2 aliphatic rings. The molecule has 1 aromatic carbocycles. The zero-order chi connectivity index (χ0) is 23.3. The van der Waals surface area contributed by atoms with Gasteiger partial charge >= 0.3 is 0 Å². The molecule has 178 valence electrons. The summed E-state index contributed by atoms with van der Waals surface area (Å²) in [6, 6.07) is 5.51. The molecule has 3 rings (SSSR count). The maximum absolute atomic E-state index is 13.1. The normalized spacial score (nSPS) is 17.3. The lowest BCUT2D eigenvalue weighted by molar-refractivity contribution is -0.135. The highest BCUT2D eigenvalue weighted by Gasteiger charge is 2.31. The van der Waals surface area contributed by atoms with Crippen molar-refractivity contribution in [1.82, 2.24) is 19.0 Å². The Hall–Kier alpha value is -1.97. The number of hydrogen-bond donors (Lipinski definition) is 0. The van der Waals surface area contributed by atoms with E-state index in [-0.39, 0.29) is 38.0 Å². The molecule has 1 aliphatic carbocycles. The van der Waals surface area contributed by atoms with E-state index < -0.39 is 10.0 Å². The van der Waals surface area contributed by atoms with Crippen LogP contribution in [-0.2, 0) is 32.5 Å². The molecule has 0 spiro atoms. The van der Waals surface area contributed by atoms with Crippen LogP contribution in [0.1, 0.15) is 37.8 Å². The molecule has 1 fully saturated rings. The zero-order valence-electron chi connectivity index (χ0n) is 19.5.